The molecule has 0 spiro atoms. The van der Waals surface area contributed by atoms with Gasteiger partial charge in [0.2, 0.25) is 5.91 Å². The number of carboxylic acid groups (broad SMARTS) is 2. The molecule has 0 bridgehead atoms. The first-order valence-electron chi connectivity index (χ1n) is 7.54. The maximum Gasteiger partial charge on any atom is 0.414 e. The number of carbonyl (C=O) groups is 3. The number of hydrogen-bond donors (Lipinski definition) is 5. The van der Waals surface area contributed by atoms with Crippen LogP contribution in [-0.2, 0) is 20.8 Å². The molecule has 7 N–H and O–H groups in total. The van der Waals surface area contributed by atoms with Crippen molar-refractivity contribution in [2.24, 2.45) is 11.5 Å². The summed E-state index contributed by atoms with van der Waals surface area (Å²) in [4.78, 5) is 30.0. The Balaban J connectivity index is 0.000000754. The van der Waals surface area contributed by atoms with Crippen LogP contribution in [0.15, 0.2) is 30.3 Å². The highest BCUT2D eigenvalue weighted by Crippen LogP contribution is 2.03. The lowest BCUT2D eigenvalue weighted by Crippen LogP contribution is -2.45. The molecule has 0 aromatic heterocycles. The van der Waals surface area contributed by atoms with Crippen molar-refractivity contribution in [3.63, 3.8) is 0 Å². The predicted octanol–water partition coefficient (Wildman–Crippen LogP) is -0.0444. The van der Waals surface area contributed by atoms with Gasteiger partial charge in [-0.05, 0) is 38.3 Å². The van der Waals surface area contributed by atoms with Crippen molar-refractivity contribution < 1.29 is 24.6 Å². The third kappa shape index (κ3) is 10.3. The van der Waals surface area contributed by atoms with Crippen molar-refractivity contribution in [2.45, 2.75) is 38.3 Å². The molecule has 0 aliphatic carbocycles. The summed E-state index contributed by atoms with van der Waals surface area (Å²) in [6, 6.07) is 9.72. The Morgan fingerprint density at radius 2 is 1.67 bits per heavy atom. The molecule has 24 heavy (non-hydrogen) atoms. The molecule has 1 aromatic rings. The Bertz CT molecular complexity index is 510. The van der Waals surface area contributed by atoms with E-state index in [0.717, 1.165) is 12.8 Å². The monoisotopic (exact) mass is 339 g/mol. The fourth-order valence-electron chi connectivity index (χ4n) is 1.84. The van der Waals surface area contributed by atoms with Crippen molar-refractivity contribution in [1.82, 2.24) is 5.32 Å². The van der Waals surface area contributed by atoms with Crippen LogP contribution in [0.25, 0.3) is 0 Å². The SMILES string of the molecule is C[C@@H](Cc1ccccc1)NC(=O)C(N)CCCN.O=C(O)C(=O)O. The van der Waals surface area contributed by atoms with Crippen LogP contribution in [0.5, 0.6) is 0 Å². The molecular weight excluding hydrogens is 314 g/mol. The molecule has 0 fully saturated rings. The van der Waals surface area contributed by atoms with Gasteiger partial charge < -0.3 is 27.0 Å². The topological polar surface area (TPSA) is 156 Å². The first-order chi connectivity index (χ1) is 11.3. The summed E-state index contributed by atoms with van der Waals surface area (Å²) < 4.78 is 0. The Labute approximate surface area is 140 Å². The molecule has 134 valence electrons. The summed E-state index contributed by atoms with van der Waals surface area (Å²) >= 11 is 0. The zero-order chi connectivity index (χ0) is 18.5. The van der Waals surface area contributed by atoms with Crippen LogP contribution in [-0.4, -0.2) is 46.7 Å². The number of benzene rings is 1. The Hall–Kier alpha value is -2.45. The second-order valence-electron chi connectivity index (χ2n) is 5.25. The molecular formula is C16H25N3O5. The van der Waals surface area contributed by atoms with Crippen molar-refractivity contribution >= 4 is 17.8 Å². The van der Waals surface area contributed by atoms with Gasteiger partial charge in [-0.1, -0.05) is 30.3 Å². The molecule has 1 unspecified atom stereocenters. The normalized spacial score (nSPS) is 12.3. The molecule has 0 saturated carbocycles. The fourth-order valence-corrected chi connectivity index (χ4v) is 1.84. The average molecular weight is 339 g/mol. The predicted molar refractivity (Wildman–Crippen MR) is 89.3 cm³/mol. The van der Waals surface area contributed by atoms with Crippen LogP contribution < -0.4 is 16.8 Å². The Morgan fingerprint density at radius 3 is 2.12 bits per heavy atom. The van der Waals surface area contributed by atoms with Crippen LogP contribution in [0.3, 0.4) is 0 Å². The number of nitrogens with one attached hydrogen (secondary N) is 1. The van der Waals surface area contributed by atoms with E-state index >= 15 is 0 Å². The molecule has 2 atom stereocenters. The Morgan fingerprint density at radius 1 is 1.12 bits per heavy atom. The number of carboxylic acids is 2. The highest BCUT2D eigenvalue weighted by atomic mass is 16.4. The second kappa shape index (κ2) is 12.0. The minimum absolute atomic E-state index is 0.0869. The van der Waals surface area contributed by atoms with Crippen molar-refractivity contribution in [3.05, 3.63) is 35.9 Å². The number of amides is 1. The molecule has 8 heteroatoms. The summed E-state index contributed by atoms with van der Waals surface area (Å²) in [5, 5.41) is 17.7. The largest absolute Gasteiger partial charge is 0.473 e. The fraction of sp³-hybridized carbons (Fsp3) is 0.438. The standard InChI is InChI=1S/C14H23N3O.C2H2O4/c1-11(10-12-6-3-2-4-7-12)17-14(18)13(16)8-5-9-15;3-1(4)2(5)6/h2-4,6-7,11,13H,5,8-10,15-16H2,1H3,(H,17,18);(H,3,4)(H,5,6)/t11-,13?;/m0./s1. The van der Waals surface area contributed by atoms with Crippen LogP contribution in [0, 0.1) is 0 Å². The lowest BCUT2D eigenvalue weighted by atomic mass is 10.1. The number of aliphatic carboxylic acids is 2. The van der Waals surface area contributed by atoms with E-state index in [0.29, 0.717) is 13.0 Å². The zero-order valence-electron chi connectivity index (χ0n) is 13.6. The first kappa shape index (κ1) is 21.6. The van der Waals surface area contributed by atoms with Gasteiger partial charge in [-0.2, -0.15) is 0 Å². The summed E-state index contributed by atoms with van der Waals surface area (Å²) in [6.45, 7) is 2.56. The maximum atomic E-state index is 11.8. The van der Waals surface area contributed by atoms with Gasteiger partial charge in [0.25, 0.3) is 0 Å². The first-order valence-corrected chi connectivity index (χ1v) is 7.54. The summed E-state index contributed by atoms with van der Waals surface area (Å²) in [6.07, 6.45) is 2.23. The van der Waals surface area contributed by atoms with Gasteiger partial charge in [0.1, 0.15) is 0 Å². The summed E-state index contributed by atoms with van der Waals surface area (Å²) in [5.41, 5.74) is 12.4. The lowest BCUT2D eigenvalue weighted by molar-refractivity contribution is -0.159. The van der Waals surface area contributed by atoms with Gasteiger partial charge in [0.05, 0.1) is 6.04 Å². The smallest absolute Gasteiger partial charge is 0.414 e. The van der Waals surface area contributed by atoms with Crippen LogP contribution in [0.4, 0.5) is 0 Å². The quantitative estimate of drug-likeness (QED) is 0.436. The summed E-state index contributed by atoms with van der Waals surface area (Å²) in [5.74, 6) is -3.74. The van der Waals surface area contributed by atoms with E-state index in [9.17, 15) is 4.79 Å². The van der Waals surface area contributed by atoms with Gasteiger partial charge in [-0.15, -0.1) is 0 Å². The molecule has 1 amide bonds. The van der Waals surface area contributed by atoms with Crippen LogP contribution >= 0.6 is 0 Å². The third-order valence-electron chi connectivity index (χ3n) is 3.01. The van der Waals surface area contributed by atoms with Crippen molar-refractivity contribution in [1.29, 1.82) is 0 Å². The third-order valence-corrected chi connectivity index (χ3v) is 3.01. The van der Waals surface area contributed by atoms with Crippen molar-refractivity contribution in [2.75, 3.05) is 6.54 Å². The van der Waals surface area contributed by atoms with Gasteiger partial charge in [-0.25, -0.2) is 9.59 Å². The highest BCUT2D eigenvalue weighted by Gasteiger charge is 2.15. The minimum Gasteiger partial charge on any atom is -0.473 e. The molecule has 0 aliphatic rings. The number of nitrogens with two attached hydrogens (primary N) is 2. The number of carbonyl (C=O) groups excluding carboxylic acids is 1. The maximum absolute atomic E-state index is 11.8. The number of rotatable bonds is 7. The number of hydrogen-bond acceptors (Lipinski definition) is 5. The van der Waals surface area contributed by atoms with E-state index in [2.05, 4.69) is 17.4 Å². The zero-order valence-corrected chi connectivity index (χ0v) is 13.6. The van der Waals surface area contributed by atoms with Gasteiger partial charge in [0, 0.05) is 6.04 Å². The average Bonchev–Trinajstić information content (AvgIpc) is 2.53. The van der Waals surface area contributed by atoms with E-state index in [1.807, 2.05) is 25.1 Å². The minimum atomic E-state index is -1.82. The lowest BCUT2D eigenvalue weighted by Gasteiger charge is -2.17. The van der Waals surface area contributed by atoms with E-state index in [4.69, 9.17) is 31.3 Å². The summed E-state index contributed by atoms with van der Waals surface area (Å²) in [7, 11) is 0. The molecule has 0 heterocycles. The molecule has 1 rings (SSSR count). The molecule has 8 nitrogen and oxygen atoms in total. The van der Waals surface area contributed by atoms with Crippen molar-refractivity contribution in [3.8, 4) is 0 Å². The van der Waals surface area contributed by atoms with Crippen LogP contribution in [0.1, 0.15) is 25.3 Å². The van der Waals surface area contributed by atoms with E-state index in [1.54, 1.807) is 0 Å². The molecule has 0 radical (unpaired) electrons. The van der Waals surface area contributed by atoms with Gasteiger partial charge in [0.15, 0.2) is 0 Å². The van der Waals surface area contributed by atoms with E-state index in [-0.39, 0.29) is 11.9 Å². The molecule has 1 aromatic carbocycles. The van der Waals surface area contributed by atoms with Crippen LogP contribution in [0.2, 0.25) is 0 Å². The molecule has 0 aliphatic heterocycles. The van der Waals surface area contributed by atoms with Gasteiger partial charge >= 0.3 is 11.9 Å². The molecule has 0 saturated heterocycles. The highest BCUT2D eigenvalue weighted by molar-refractivity contribution is 6.27. The second-order valence-corrected chi connectivity index (χ2v) is 5.25. The van der Waals surface area contributed by atoms with E-state index < -0.39 is 18.0 Å². The van der Waals surface area contributed by atoms with Gasteiger partial charge in [-0.3, -0.25) is 4.79 Å². The Kier molecular flexibility index (Phi) is 10.8. The van der Waals surface area contributed by atoms with E-state index in [1.165, 1.54) is 5.56 Å².